The van der Waals surface area contributed by atoms with E-state index in [-0.39, 0.29) is 12.5 Å². The number of hydrogen-bond donors (Lipinski definition) is 2. The molecule has 0 saturated heterocycles. The molecule has 5 heteroatoms. The van der Waals surface area contributed by atoms with Crippen LogP contribution in [-0.2, 0) is 0 Å². The summed E-state index contributed by atoms with van der Waals surface area (Å²) >= 11 is 0. The van der Waals surface area contributed by atoms with Gasteiger partial charge in [-0.05, 0) is 50.4 Å². The van der Waals surface area contributed by atoms with Gasteiger partial charge in [-0.25, -0.2) is 0 Å². The number of aromatic nitrogens is 1. The summed E-state index contributed by atoms with van der Waals surface area (Å²) in [6, 6.07) is 1.78. The second kappa shape index (κ2) is 7.09. The molecule has 2 saturated carbocycles. The molecule has 132 valence electrons. The summed E-state index contributed by atoms with van der Waals surface area (Å²) in [5.41, 5.74) is 0.916. The highest BCUT2D eigenvalue weighted by molar-refractivity contribution is 5.93. The minimum absolute atomic E-state index is 0.0725. The highest BCUT2D eigenvalue weighted by atomic mass is 16.5. The van der Waals surface area contributed by atoms with Crippen molar-refractivity contribution in [2.24, 2.45) is 5.92 Å². The number of amides is 1. The van der Waals surface area contributed by atoms with Crippen molar-refractivity contribution >= 4 is 5.91 Å². The molecular weight excluding hydrogens is 304 g/mol. The predicted octanol–water partition coefficient (Wildman–Crippen LogP) is 3.03. The molecule has 0 unspecified atom stereocenters. The molecule has 2 aliphatic carbocycles. The summed E-state index contributed by atoms with van der Waals surface area (Å²) in [6.07, 6.45) is 7.98. The van der Waals surface area contributed by atoms with Crippen LogP contribution >= 0.6 is 0 Å². The summed E-state index contributed by atoms with van der Waals surface area (Å²) in [5, 5.41) is 12.6. The van der Waals surface area contributed by atoms with E-state index in [1.165, 1.54) is 25.7 Å². The Morgan fingerprint density at radius 2 is 2.04 bits per heavy atom. The summed E-state index contributed by atoms with van der Waals surface area (Å²) in [7, 11) is 0. The van der Waals surface area contributed by atoms with Gasteiger partial charge in [0.1, 0.15) is 11.4 Å². The van der Waals surface area contributed by atoms with E-state index in [0.717, 1.165) is 17.9 Å². The van der Waals surface area contributed by atoms with Crippen molar-refractivity contribution in [1.82, 2.24) is 10.3 Å². The van der Waals surface area contributed by atoms with E-state index < -0.39 is 5.54 Å². The van der Waals surface area contributed by atoms with Crippen molar-refractivity contribution in [2.45, 2.75) is 63.8 Å². The average Bonchev–Trinajstić information content (AvgIpc) is 3.50. The highest BCUT2D eigenvalue weighted by Crippen LogP contribution is 2.44. The maximum absolute atomic E-state index is 12.6. The summed E-state index contributed by atoms with van der Waals surface area (Å²) in [4.78, 5) is 17.0. The van der Waals surface area contributed by atoms with Gasteiger partial charge in [0.15, 0.2) is 0 Å². The third-order valence-corrected chi connectivity index (χ3v) is 5.35. The van der Waals surface area contributed by atoms with Crippen LogP contribution in [0.5, 0.6) is 5.75 Å². The largest absolute Gasteiger partial charge is 0.493 e. The van der Waals surface area contributed by atoms with Crippen LogP contribution in [0.3, 0.4) is 0 Å². The molecule has 1 aromatic heterocycles. The number of carbonyl (C=O) groups excluding carboxylic acids is 1. The maximum atomic E-state index is 12.6. The Morgan fingerprint density at radius 1 is 1.33 bits per heavy atom. The van der Waals surface area contributed by atoms with Crippen molar-refractivity contribution < 1.29 is 14.6 Å². The fourth-order valence-electron chi connectivity index (χ4n) is 2.88. The van der Waals surface area contributed by atoms with Crippen molar-refractivity contribution in [1.29, 1.82) is 0 Å². The predicted molar refractivity (Wildman–Crippen MR) is 92.3 cm³/mol. The number of carbonyl (C=O) groups is 1. The van der Waals surface area contributed by atoms with Crippen molar-refractivity contribution in [3.8, 4) is 5.75 Å². The molecule has 24 heavy (non-hydrogen) atoms. The average molecular weight is 332 g/mol. The summed E-state index contributed by atoms with van der Waals surface area (Å²) in [5.74, 6) is 1.77. The molecule has 0 atom stereocenters. The zero-order valence-corrected chi connectivity index (χ0v) is 14.7. The van der Waals surface area contributed by atoms with Crippen molar-refractivity contribution in [2.75, 3.05) is 13.2 Å². The fourth-order valence-corrected chi connectivity index (χ4v) is 2.88. The summed E-state index contributed by atoms with van der Waals surface area (Å²) < 4.78 is 5.99. The lowest BCUT2D eigenvalue weighted by molar-refractivity contribution is 0.0812. The lowest BCUT2D eigenvalue weighted by Crippen LogP contribution is -2.50. The smallest absolute Gasteiger partial charge is 0.270 e. The number of nitrogens with one attached hydrogen (secondary N) is 1. The van der Waals surface area contributed by atoms with Gasteiger partial charge in [0.2, 0.25) is 0 Å². The van der Waals surface area contributed by atoms with Gasteiger partial charge < -0.3 is 15.2 Å². The lowest BCUT2D eigenvalue weighted by atomic mass is 9.93. The van der Waals surface area contributed by atoms with Crippen molar-refractivity contribution in [3.63, 3.8) is 0 Å². The fraction of sp³-hybridized carbons (Fsp3) is 0.684. The van der Waals surface area contributed by atoms with Crippen LogP contribution in [0.15, 0.2) is 12.3 Å². The molecule has 2 aliphatic rings. The topological polar surface area (TPSA) is 71.5 Å². The molecule has 1 aromatic rings. The van der Waals surface area contributed by atoms with E-state index in [0.29, 0.717) is 30.4 Å². The minimum atomic E-state index is -0.580. The number of rotatable bonds is 9. The molecule has 2 fully saturated rings. The molecular formula is C19H28N2O3. The second-order valence-corrected chi connectivity index (χ2v) is 7.24. The third-order valence-electron chi connectivity index (χ3n) is 5.35. The standard InChI is InChI=1S/C19H28N2O3/c1-3-19(4-2,12-22)21-18(23)16-9-17(24-11-13-5-6-13)15(10-20-16)14-7-8-14/h9-10,13-14,22H,3-8,11-12H2,1-2H3,(H,21,23). The molecule has 0 aromatic carbocycles. The third kappa shape index (κ3) is 3.89. The Hall–Kier alpha value is -1.62. The number of aliphatic hydroxyl groups is 1. The van der Waals surface area contributed by atoms with Crippen LogP contribution in [0.1, 0.15) is 74.3 Å². The Morgan fingerprint density at radius 3 is 2.58 bits per heavy atom. The molecule has 0 spiro atoms. The van der Waals surface area contributed by atoms with E-state index in [9.17, 15) is 9.90 Å². The summed E-state index contributed by atoms with van der Waals surface area (Å²) in [6.45, 7) is 4.59. The Kier molecular flexibility index (Phi) is 5.09. The van der Waals surface area contributed by atoms with E-state index in [2.05, 4.69) is 10.3 Å². The van der Waals surface area contributed by atoms with Gasteiger partial charge >= 0.3 is 0 Å². The molecule has 5 nitrogen and oxygen atoms in total. The maximum Gasteiger partial charge on any atom is 0.270 e. The van der Waals surface area contributed by atoms with Gasteiger partial charge in [0.05, 0.1) is 18.8 Å². The van der Waals surface area contributed by atoms with E-state index in [1.54, 1.807) is 12.3 Å². The molecule has 0 bridgehead atoms. The van der Waals surface area contributed by atoms with Gasteiger partial charge in [0.25, 0.3) is 5.91 Å². The molecule has 1 heterocycles. The number of pyridine rings is 1. The lowest BCUT2D eigenvalue weighted by Gasteiger charge is -2.30. The van der Waals surface area contributed by atoms with E-state index in [1.807, 2.05) is 13.8 Å². The van der Waals surface area contributed by atoms with Crippen LogP contribution in [0.4, 0.5) is 0 Å². The number of nitrogens with zero attached hydrogens (tertiary/aromatic N) is 1. The normalized spacial score (nSPS) is 17.6. The highest BCUT2D eigenvalue weighted by Gasteiger charge is 2.31. The zero-order chi connectivity index (χ0) is 17.2. The zero-order valence-electron chi connectivity index (χ0n) is 14.7. The van der Waals surface area contributed by atoms with Gasteiger partial charge in [-0.2, -0.15) is 0 Å². The van der Waals surface area contributed by atoms with Gasteiger partial charge in [-0.3, -0.25) is 9.78 Å². The van der Waals surface area contributed by atoms with E-state index in [4.69, 9.17) is 4.74 Å². The molecule has 0 aliphatic heterocycles. The van der Waals surface area contributed by atoms with Gasteiger partial charge in [0, 0.05) is 17.8 Å². The van der Waals surface area contributed by atoms with Gasteiger partial charge in [-0.1, -0.05) is 13.8 Å². The first kappa shape index (κ1) is 17.2. The number of ether oxygens (including phenoxy) is 1. The van der Waals surface area contributed by atoms with Crippen LogP contribution in [0, 0.1) is 5.92 Å². The van der Waals surface area contributed by atoms with Gasteiger partial charge in [-0.15, -0.1) is 0 Å². The van der Waals surface area contributed by atoms with Crippen molar-refractivity contribution in [3.05, 3.63) is 23.5 Å². The van der Waals surface area contributed by atoms with Crippen LogP contribution < -0.4 is 10.1 Å². The minimum Gasteiger partial charge on any atom is -0.493 e. The van der Waals surface area contributed by atoms with Crippen LogP contribution in [0.2, 0.25) is 0 Å². The Bertz CT molecular complexity index is 582. The molecule has 3 rings (SSSR count). The molecule has 2 N–H and O–H groups in total. The van der Waals surface area contributed by atoms with Crippen LogP contribution in [-0.4, -0.2) is 34.8 Å². The van der Waals surface area contributed by atoms with Crippen LogP contribution in [0.25, 0.3) is 0 Å². The molecule has 1 amide bonds. The Labute approximate surface area is 143 Å². The Balaban J connectivity index is 1.76. The quantitative estimate of drug-likeness (QED) is 0.729. The second-order valence-electron chi connectivity index (χ2n) is 7.24. The first-order valence-corrected chi connectivity index (χ1v) is 9.17. The monoisotopic (exact) mass is 332 g/mol. The first-order valence-electron chi connectivity index (χ1n) is 9.17. The number of aliphatic hydroxyl groups excluding tert-OH is 1. The van der Waals surface area contributed by atoms with E-state index >= 15 is 0 Å². The number of hydrogen-bond acceptors (Lipinski definition) is 4. The SMILES string of the molecule is CCC(CC)(CO)NC(=O)c1cc(OCC2CC2)c(C2CC2)cn1. The molecule has 0 radical (unpaired) electrons. The first-order chi connectivity index (χ1) is 11.6.